The van der Waals surface area contributed by atoms with Crippen molar-refractivity contribution in [2.75, 3.05) is 11.9 Å². The van der Waals surface area contributed by atoms with E-state index in [-0.39, 0.29) is 12.5 Å². The van der Waals surface area contributed by atoms with Crippen molar-refractivity contribution >= 4 is 17.9 Å². The van der Waals surface area contributed by atoms with Gasteiger partial charge in [-0.3, -0.25) is 9.59 Å². The molecular weight excluding hydrogens is 338 g/mol. The monoisotopic (exact) mass is 367 g/mol. The molecule has 0 spiro atoms. The summed E-state index contributed by atoms with van der Waals surface area (Å²) in [5.41, 5.74) is 5.43. The van der Waals surface area contributed by atoms with Crippen molar-refractivity contribution in [2.45, 2.75) is 53.4 Å². The average molecular weight is 367 g/mol. The molecule has 4 nitrogen and oxygen atoms in total. The predicted molar refractivity (Wildman–Crippen MR) is 110 cm³/mol. The zero-order valence-electron chi connectivity index (χ0n) is 17.1. The summed E-state index contributed by atoms with van der Waals surface area (Å²) in [5.74, 6) is 1.07. The molecule has 0 unspecified atom stereocenters. The lowest BCUT2D eigenvalue weighted by Crippen LogP contribution is -2.22. The van der Waals surface area contributed by atoms with Gasteiger partial charge in [-0.1, -0.05) is 45.9 Å². The van der Waals surface area contributed by atoms with Gasteiger partial charge in [-0.05, 0) is 60.1 Å². The Labute approximate surface area is 161 Å². The molecule has 0 aliphatic carbocycles. The van der Waals surface area contributed by atoms with E-state index in [0.717, 1.165) is 34.2 Å². The first kappa shape index (κ1) is 20.7. The first-order chi connectivity index (χ1) is 12.7. The predicted octanol–water partition coefficient (Wildman–Crippen LogP) is 5.38. The molecule has 0 heterocycles. The maximum atomic E-state index is 12.6. The Bertz CT molecular complexity index is 788. The molecule has 0 radical (unpaired) electrons. The maximum Gasteiger partial charge on any atom is 0.262 e. The fourth-order valence-electron chi connectivity index (χ4n) is 3.29. The fourth-order valence-corrected chi connectivity index (χ4v) is 3.29. The second kappa shape index (κ2) is 8.85. The molecule has 2 aromatic carbocycles. The molecule has 0 saturated heterocycles. The third kappa shape index (κ3) is 4.97. The topological polar surface area (TPSA) is 55.4 Å². The van der Waals surface area contributed by atoms with Crippen LogP contribution in [0.25, 0.3) is 0 Å². The highest BCUT2D eigenvalue weighted by atomic mass is 16.5. The van der Waals surface area contributed by atoms with Gasteiger partial charge in [0.2, 0.25) is 0 Å². The molecule has 0 aliphatic heterocycles. The number of aldehydes is 1. The van der Waals surface area contributed by atoms with E-state index in [1.165, 1.54) is 0 Å². The van der Waals surface area contributed by atoms with Crippen LogP contribution >= 0.6 is 0 Å². The summed E-state index contributed by atoms with van der Waals surface area (Å²) in [6.07, 6.45) is 0.812. The van der Waals surface area contributed by atoms with Crippen molar-refractivity contribution < 1.29 is 14.3 Å². The summed E-state index contributed by atoms with van der Waals surface area (Å²) in [7, 11) is 0. The first-order valence-corrected chi connectivity index (χ1v) is 9.36. The molecule has 4 heteroatoms. The normalized spacial score (nSPS) is 11.0. The number of para-hydroxylation sites is 1. The summed E-state index contributed by atoms with van der Waals surface area (Å²) in [4.78, 5) is 23.5. The number of carbonyl (C=O) groups excluding carboxylic acids is 2. The Balaban J connectivity index is 2.19. The van der Waals surface area contributed by atoms with Gasteiger partial charge < -0.3 is 10.1 Å². The molecule has 1 N–H and O–H groups in total. The van der Waals surface area contributed by atoms with Crippen LogP contribution in [-0.4, -0.2) is 18.8 Å². The van der Waals surface area contributed by atoms with Crippen LogP contribution in [0.15, 0.2) is 30.3 Å². The number of ether oxygens (including phenoxy) is 1. The quantitative estimate of drug-likeness (QED) is 0.668. The van der Waals surface area contributed by atoms with Gasteiger partial charge in [-0.25, -0.2) is 0 Å². The number of aryl methyl sites for hydroxylation is 2. The van der Waals surface area contributed by atoms with E-state index in [4.69, 9.17) is 4.74 Å². The van der Waals surface area contributed by atoms with Crippen molar-refractivity contribution in [3.05, 3.63) is 58.1 Å². The SMILES string of the molecule is Cc1cc(C=O)cc(C)c1OCC(=O)Nc1c(C(C)C)cccc1C(C)C. The molecule has 0 fully saturated rings. The minimum absolute atomic E-state index is 0.0773. The Hall–Kier alpha value is -2.62. The molecular formula is C23H29NO3. The molecule has 0 atom stereocenters. The van der Waals surface area contributed by atoms with Gasteiger partial charge in [-0.15, -0.1) is 0 Å². The largest absolute Gasteiger partial charge is 0.483 e. The average Bonchev–Trinajstić information content (AvgIpc) is 2.60. The second-order valence-corrected chi connectivity index (χ2v) is 7.56. The van der Waals surface area contributed by atoms with Gasteiger partial charge in [-0.2, -0.15) is 0 Å². The summed E-state index contributed by atoms with van der Waals surface area (Å²) in [6, 6.07) is 9.67. The smallest absolute Gasteiger partial charge is 0.262 e. The molecule has 0 aliphatic rings. The van der Waals surface area contributed by atoms with Crippen LogP contribution in [0.2, 0.25) is 0 Å². The molecule has 0 bridgehead atoms. The van der Waals surface area contributed by atoms with Gasteiger partial charge in [0.25, 0.3) is 5.91 Å². The van der Waals surface area contributed by atoms with E-state index < -0.39 is 0 Å². The van der Waals surface area contributed by atoms with E-state index in [2.05, 4.69) is 45.1 Å². The van der Waals surface area contributed by atoms with E-state index in [0.29, 0.717) is 23.1 Å². The van der Waals surface area contributed by atoms with Crippen LogP contribution in [0.3, 0.4) is 0 Å². The zero-order chi connectivity index (χ0) is 20.1. The van der Waals surface area contributed by atoms with Crippen molar-refractivity contribution in [3.8, 4) is 5.75 Å². The molecule has 0 saturated carbocycles. The highest BCUT2D eigenvalue weighted by Crippen LogP contribution is 2.32. The van der Waals surface area contributed by atoms with E-state index in [1.54, 1.807) is 12.1 Å². The highest BCUT2D eigenvalue weighted by Gasteiger charge is 2.17. The van der Waals surface area contributed by atoms with Crippen LogP contribution in [0, 0.1) is 13.8 Å². The van der Waals surface area contributed by atoms with Crippen molar-refractivity contribution in [1.82, 2.24) is 0 Å². The molecule has 2 rings (SSSR count). The van der Waals surface area contributed by atoms with E-state index >= 15 is 0 Å². The van der Waals surface area contributed by atoms with Crippen LogP contribution in [0.1, 0.15) is 72.1 Å². The summed E-state index contributed by atoms with van der Waals surface area (Å²) in [5, 5.41) is 3.05. The fraction of sp³-hybridized carbons (Fsp3) is 0.391. The third-order valence-corrected chi connectivity index (χ3v) is 4.60. The number of nitrogens with one attached hydrogen (secondary N) is 1. The number of anilines is 1. The molecule has 27 heavy (non-hydrogen) atoms. The number of hydrogen-bond donors (Lipinski definition) is 1. The molecule has 1 amide bonds. The van der Waals surface area contributed by atoms with Crippen molar-refractivity contribution in [2.24, 2.45) is 0 Å². The standard InChI is InChI=1S/C23H29NO3/c1-14(2)19-8-7-9-20(15(3)4)22(19)24-21(26)13-27-23-16(5)10-18(12-25)11-17(23)6/h7-12,14-15H,13H2,1-6H3,(H,24,26). The maximum absolute atomic E-state index is 12.6. The number of hydrogen-bond acceptors (Lipinski definition) is 3. The lowest BCUT2D eigenvalue weighted by atomic mass is 9.92. The minimum atomic E-state index is -0.191. The van der Waals surface area contributed by atoms with Gasteiger partial charge in [0, 0.05) is 11.3 Å². The summed E-state index contributed by atoms with van der Waals surface area (Å²) >= 11 is 0. The van der Waals surface area contributed by atoms with Gasteiger partial charge in [0.05, 0.1) is 0 Å². The molecule has 144 valence electrons. The zero-order valence-corrected chi connectivity index (χ0v) is 17.1. The first-order valence-electron chi connectivity index (χ1n) is 9.36. The van der Waals surface area contributed by atoms with Gasteiger partial charge in [0.15, 0.2) is 6.61 Å². The highest BCUT2D eigenvalue weighted by molar-refractivity contribution is 5.93. The third-order valence-electron chi connectivity index (χ3n) is 4.60. The van der Waals surface area contributed by atoms with Crippen molar-refractivity contribution in [1.29, 1.82) is 0 Å². The van der Waals surface area contributed by atoms with E-state index in [9.17, 15) is 9.59 Å². The van der Waals surface area contributed by atoms with E-state index in [1.807, 2.05) is 19.9 Å². The Kier molecular flexibility index (Phi) is 6.78. The minimum Gasteiger partial charge on any atom is -0.483 e. The Morgan fingerprint density at radius 3 is 2.00 bits per heavy atom. The summed E-state index contributed by atoms with van der Waals surface area (Å²) in [6.45, 7) is 12.1. The summed E-state index contributed by atoms with van der Waals surface area (Å²) < 4.78 is 5.77. The number of rotatable bonds is 7. The second-order valence-electron chi connectivity index (χ2n) is 7.56. The van der Waals surface area contributed by atoms with Gasteiger partial charge in [0.1, 0.15) is 12.0 Å². The van der Waals surface area contributed by atoms with Crippen LogP contribution in [0.5, 0.6) is 5.75 Å². The molecule has 0 aromatic heterocycles. The number of carbonyl (C=O) groups is 2. The number of amides is 1. The van der Waals surface area contributed by atoms with Gasteiger partial charge >= 0.3 is 0 Å². The van der Waals surface area contributed by atoms with Crippen LogP contribution in [-0.2, 0) is 4.79 Å². The lowest BCUT2D eigenvalue weighted by Gasteiger charge is -2.20. The number of benzene rings is 2. The van der Waals surface area contributed by atoms with Crippen LogP contribution < -0.4 is 10.1 Å². The Morgan fingerprint density at radius 1 is 1.04 bits per heavy atom. The lowest BCUT2D eigenvalue weighted by molar-refractivity contribution is -0.118. The Morgan fingerprint density at radius 2 is 1.56 bits per heavy atom. The van der Waals surface area contributed by atoms with Crippen LogP contribution in [0.4, 0.5) is 5.69 Å². The molecule has 2 aromatic rings. The van der Waals surface area contributed by atoms with Crippen molar-refractivity contribution in [3.63, 3.8) is 0 Å².